The van der Waals surface area contributed by atoms with Crippen LogP contribution in [0.4, 0.5) is 0 Å². The molecule has 1 heterocycles. The molecule has 39 heavy (non-hydrogen) atoms. The third-order valence-corrected chi connectivity index (χ3v) is 7.44. The van der Waals surface area contributed by atoms with Gasteiger partial charge >= 0.3 is 0 Å². The fourth-order valence-corrected chi connectivity index (χ4v) is 4.96. The molecule has 1 saturated heterocycles. The normalized spacial score (nSPS) is 19.4. The number of hydrogen-bond acceptors (Lipinski definition) is 5. The number of hydrogen-bond donors (Lipinski definition) is 4. The molecule has 0 bridgehead atoms. The van der Waals surface area contributed by atoms with E-state index in [-0.39, 0.29) is 42.0 Å². The van der Waals surface area contributed by atoms with Gasteiger partial charge in [0.25, 0.3) is 5.91 Å². The first-order valence-corrected chi connectivity index (χ1v) is 14.2. The minimum absolute atomic E-state index is 0.0207. The maximum Gasteiger partial charge on any atom is 0.289 e. The molecule has 1 aliphatic carbocycles. The summed E-state index contributed by atoms with van der Waals surface area (Å²) in [6.07, 6.45) is 3.40. The molecule has 4 atom stereocenters. The van der Waals surface area contributed by atoms with Crippen molar-refractivity contribution in [2.75, 3.05) is 6.54 Å². The number of benzene rings is 1. The van der Waals surface area contributed by atoms with Crippen LogP contribution in [0.15, 0.2) is 24.3 Å². The molecule has 1 aromatic rings. The van der Waals surface area contributed by atoms with Crippen molar-refractivity contribution in [1.29, 1.82) is 0 Å². The first-order chi connectivity index (χ1) is 18.4. The molecule has 4 amide bonds. The summed E-state index contributed by atoms with van der Waals surface area (Å²) < 4.78 is 0. The maximum absolute atomic E-state index is 13.5. The Morgan fingerprint density at radius 1 is 1.03 bits per heavy atom. The van der Waals surface area contributed by atoms with Gasteiger partial charge in [0.05, 0.1) is 6.04 Å². The summed E-state index contributed by atoms with van der Waals surface area (Å²) in [4.78, 5) is 64.5. The van der Waals surface area contributed by atoms with Gasteiger partial charge in [0.1, 0.15) is 6.04 Å². The Bertz CT molecular complexity index is 1060. The summed E-state index contributed by atoms with van der Waals surface area (Å²) in [6.45, 7) is 8.35. The van der Waals surface area contributed by atoms with Crippen molar-refractivity contribution in [3.63, 3.8) is 0 Å². The Balaban J connectivity index is 1.73. The predicted molar refractivity (Wildman–Crippen MR) is 149 cm³/mol. The van der Waals surface area contributed by atoms with Crippen molar-refractivity contribution in [2.24, 2.45) is 11.3 Å². The predicted octanol–water partition coefficient (Wildman–Crippen LogP) is 3.00. The summed E-state index contributed by atoms with van der Waals surface area (Å²) in [5, 5.41) is 11.6. The highest BCUT2D eigenvalue weighted by Gasteiger charge is 2.37. The second-order valence-electron chi connectivity index (χ2n) is 11.9. The zero-order valence-electron chi connectivity index (χ0n) is 23.3. The van der Waals surface area contributed by atoms with E-state index in [0.29, 0.717) is 24.4 Å². The minimum atomic E-state index is -1.16. The van der Waals surface area contributed by atoms with E-state index in [1.807, 2.05) is 39.8 Å². The van der Waals surface area contributed by atoms with Crippen molar-refractivity contribution in [3.8, 4) is 0 Å². The van der Waals surface area contributed by atoms with E-state index >= 15 is 0 Å². The standard InChI is InChI=1S/C29H41ClN4O5/c1-5-17(18-6-8-20(30)9-7-18)15-24(35)33-23(16-29(2,3)4)27(38)34-22(14-19-12-13-31-26(19)37)25(36)28(39)32-21-10-11-21/h6-9,17,19,21-23H,5,10-16H2,1-4H3,(H,31,37)(H,32,39)(H,33,35)(H,34,38)/t17-,19-,22?,23-/m0/s1. The Kier molecular flexibility index (Phi) is 10.5. The molecular weight excluding hydrogens is 520 g/mol. The van der Waals surface area contributed by atoms with Crippen molar-refractivity contribution in [1.82, 2.24) is 21.3 Å². The molecule has 1 aliphatic heterocycles. The minimum Gasteiger partial charge on any atom is -0.356 e. The average Bonchev–Trinajstić information content (AvgIpc) is 3.59. The van der Waals surface area contributed by atoms with E-state index in [1.54, 1.807) is 12.1 Å². The van der Waals surface area contributed by atoms with Gasteiger partial charge in [-0.2, -0.15) is 0 Å². The number of carbonyl (C=O) groups is 5. The first kappa shape index (κ1) is 30.6. The average molecular weight is 561 g/mol. The van der Waals surface area contributed by atoms with Crippen molar-refractivity contribution in [2.45, 2.75) is 96.7 Å². The lowest BCUT2D eigenvalue weighted by molar-refractivity contribution is -0.141. The van der Waals surface area contributed by atoms with Gasteiger partial charge in [-0.3, -0.25) is 24.0 Å². The van der Waals surface area contributed by atoms with Crippen molar-refractivity contribution < 1.29 is 24.0 Å². The largest absolute Gasteiger partial charge is 0.356 e. The van der Waals surface area contributed by atoms with Gasteiger partial charge in [0.15, 0.2) is 0 Å². The van der Waals surface area contributed by atoms with Crippen LogP contribution in [-0.2, 0) is 24.0 Å². The number of ketones is 1. The lowest BCUT2D eigenvalue weighted by atomic mass is 9.87. The molecule has 2 aliphatic rings. The molecule has 2 fully saturated rings. The molecule has 214 valence electrons. The summed E-state index contributed by atoms with van der Waals surface area (Å²) in [7, 11) is 0. The van der Waals surface area contributed by atoms with Crippen LogP contribution in [0.3, 0.4) is 0 Å². The van der Waals surface area contributed by atoms with E-state index in [1.165, 1.54) is 0 Å². The third kappa shape index (κ3) is 9.64. The Labute approximate surface area is 235 Å². The lowest BCUT2D eigenvalue weighted by Gasteiger charge is -2.29. The molecule has 9 nitrogen and oxygen atoms in total. The molecule has 4 N–H and O–H groups in total. The zero-order valence-corrected chi connectivity index (χ0v) is 24.0. The van der Waals surface area contributed by atoms with Gasteiger partial charge in [-0.15, -0.1) is 0 Å². The van der Waals surface area contributed by atoms with E-state index in [9.17, 15) is 24.0 Å². The molecule has 1 unspecified atom stereocenters. The van der Waals surface area contributed by atoms with Crippen LogP contribution >= 0.6 is 11.6 Å². The van der Waals surface area contributed by atoms with Crippen molar-refractivity contribution >= 4 is 41.0 Å². The number of carbonyl (C=O) groups excluding carboxylic acids is 5. The topological polar surface area (TPSA) is 133 Å². The van der Waals surface area contributed by atoms with E-state index in [2.05, 4.69) is 21.3 Å². The summed E-state index contributed by atoms with van der Waals surface area (Å²) in [5.41, 5.74) is 0.667. The quantitative estimate of drug-likeness (QED) is 0.275. The van der Waals surface area contributed by atoms with Crippen LogP contribution < -0.4 is 21.3 Å². The van der Waals surface area contributed by atoms with Crippen LogP contribution in [-0.4, -0.2) is 54.1 Å². The summed E-state index contributed by atoms with van der Waals surface area (Å²) in [5.74, 6) is -3.09. The number of halogens is 1. The number of amides is 4. The molecule has 3 rings (SSSR count). The molecule has 1 aromatic carbocycles. The number of rotatable bonds is 13. The highest BCUT2D eigenvalue weighted by molar-refractivity contribution is 6.38. The van der Waals surface area contributed by atoms with E-state index in [4.69, 9.17) is 11.6 Å². The Hall–Kier alpha value is -2.94. The zero-order chi connectivity index (χ0) is 28.7. The summed E-state index contributed by atoms with van der Waals surface area (Å²) in [6, 6.07) is 5.26. The van der Waals surface area contributed by atoms with Gasteiger partial charge in [-0.05, 0) is 67.6 Å². The lowest BCUT2D eigenvalue weighted by Crippen LogP contribution is -2.55. The van der Waals surface area contributed by atoms with Gasteiger partial charge in [-0.1, -0.05) is 51.4 Å². The van der Waals surface area contributed by atoms with Gasteiger partial charge < -0.3 is 21.3 Å². The molecular formula is C29H41ClN4O5. The second kappa shape index (κ2) is 13.4. The van der Waals surface area contributed by atoms with Crippen LogP contribution in [0.2, 0.25) is 5.02 Å². The van der Waals surface area contributed by atoms with E-state index < -0.39 is 35.6 Å². The van der Waals surface area contributed by atoms with Crippen LogP contribution in [0.25, 0.3) is 0 Å². The van der Waals surface area contributed by atoms with Crippen molar-refractivity contribution in [3.05, 3.63) is 34.9 Å². The Morgan fingerprint density at radius 2 is 1.69 bits per heavy atom. The second-order valence-corrected chi connectivity index (χ2v) is 12.4. The molecule has 0 spiro atoms. The van der Waals surface area contributed by atoms with Gasteiger partial charge in [0, 0.05) is 29.9 Å². The van der Waals surface area contributed by atoms with Gasteiger partial charge in [-0.25, -0.2) is 0 Å². The van der Waals surface area contributed by atoms with Gasteiger partial charge in [0.2, 0.25) is 23.5 Å². The van der Waals surface area contributed by atoms with Crippen LogP contribution in [0, 0.1) is 11.3 Å². The first-order valence-electron chi connectivity index (χ1n) is 13.8. The fraction of sp³-hybridized carbons (Fsp3) is 0.621. The number of Topliss-reactive ketones (excluding diaryl/α,β-unsaturated/α-hetero) is 1. The SMILES string of the molecule is CC[C@@H](CC(=O)N[C@@H](CC(C)(C)C)C(=O)NC(C[C@@H]1CCNC1=O)C(=O)C(=O)NC1CC1)c1ccc(Cl)cc1. The number of nitrogens with one attached hydrogen (secondary N) is 4. The van der Waals surface area contributed by atoms with E-state index in [0.717, 1.165) is 24.8 Å². The highest BCUT2D eigenvalue weighted by atomic mass is 35.5. The smallest absolute Gasteiger partial charge is 0.289 e. The molecule has 10 heteroatoms. The fourth-order valence-electron chi connectivity index (χ4n) is 4.83. The highest BCUT2D eigenvalue weighted by Crippen LogP contribution is 2.26. The third-order valence-electron chi connectivity index (χ3n) is 7.19. The maximum atomic E-state index is 13.5. The summed E-state index contributed by atoms with van der Waals surface area (Å²) >= 11 is 6.01. The molecule has 0 aromatic heterocycles. The molecule has 1 saturated carbocycles. The monoisotopic (exact) mass is 560 g/mol. The van der Waals surface area contributed by atoms with Crippen LogP contribution in [0.5, 0.6) is 0 Å². The van der Waals surface area contributed by atoms with Crippen LogP contribution in [0.1, 0.15) is 84.1 Å². The Morgan fingerprint density at radius 3 is 2.23 bits per heavy atom. The molecule has 0 radical (unpaired) electrons.